The van der Waals surface area contributed by atoms with Crippen molar-refractivity contribution in [2.75, 3.05) is 5.88 Å². The second kappa shape index (κ2) is 5.77. The lowest BCUT2D eigenvalue weighted by Crippen LogP contribution is -1.96. The number of alkyl halides is 2. The van der Waals surface area contributed by atoms with Gasteiger partial charge in [-0.25, -0.2) is 0 Å². The number of aryl methyl sites for hydroxylation is 2. The molecule has 0 fully saturated rings. The molecule has 0 saturated heterocycles. The highest BCUT2D eigenvalue weighted by Gasteiger charge is 2.13. The molecule has 0 bridgehead atoms. The van der Waals surface area contributed by atoms with E-state index in [9.17, 15) is 0 Å². The second-order valence-electron chi connectivity index (χ2n) is 4.58. The van der Waals surface area contributed by atoms with Crippen molar-refractivity contribution in [2.24, 2.45) is 0 Å². The Hall–Kier alpha value is -0.980. The number of benzene rings is 2. The van der Waals surface area contributed by atoms with E-state index >= 15 is 0 Å². The monoisotopic (exact) mass is 278 g/mol. The SMILES string of the molecule is Cc1ccc(-c2cc(C)ccc2C(Cl)CCl)cc1. The molecule has 0 saturated carbocycles. The molecule has 18 heavy (non-hydrogen) atoms. The van der Waals surface area contributed by atoms with Gasteiger partial charge in [0.15, 0.2) is 0 Å². The summed E-state index contributed by atoms with van der Waals surface area (Å²) in [5, 5.41) is -0.149. The molecule has 94 valence electrons. The minimum absolute atomic E-state index is 0.149. The molecule has 2 rings (SSSR count). The van der Waals surface area contributed by atoms with Crippen molar-refractivity contribution in [3.05, 3.63) is 59.2 Å². The van der Waals surface area contributed by atoms with E-state index in [1.165, 1.54) is 22.3 Å². The zero-order chi connectivity index (χ0) is 13.1. The van der Waals surface area contributed by atoms with E-state index in [1.807, 2.05) is 0 Å². The van der Waals surface area contributed by atoms with Crippen LogP contribution < -0.4 is 0 Å². The van der Waals surface area contributed by atoms with Gasteiger partial charge in [-0.3, -0.25) is 0 Å². The van der Waals surface area contributed by atoms with E-state index in [4.69, 9.17) is 23.2 Å². The van der Waals surface area contributed by atoms with E-state index in [0.717, 1.165) is 5.56 Å². The molecule has 0 heterocycles. The highest BCUT2D eigenvalue weighted by Crippen LogP contribution is 2.33. The molecule has 2 heteroatoms. The van der Waals surface area contributed by atoms with Crippen molar-refractivity contribution >= 4 is 23.2 Å². The summed E-state index contributed by atoms with van der Waals surface area (Å²) in [7, 11) is 0. The molecule has 0 radical (unpaired) electrons. The fourth-order valence-corrected chi connectivity index (χ4v) is 2.37. The molecule has 0 spiro atoms. The van der Waals surface area contributed by atoms with Gasteiger partial charge in [0.25, 0.3) is 0 Å². The largest absolute Gasteiger partial charge is 0.125 e. The summed E-state index contributed by atoms with van der Waals surface area (Å²) in [6.07, 6.45) is 0. The van der Waals surface area contributed by atoms with Crippen molar-refractivity contribution in [1.82, 2.24) is 0 Å². The maximum absolute atomic E-state index is 6.30. The van der Waals surface area contributed by atoms with E-state index < -0.39 is 0 Å². The lowest BCUT2D eigenvalue weighted by Gasteiger charge is -2.14. The Morgan fingerprint density at radius 3 is 2.17 bits per heavy atom. The first-order valence-corrected chi connectivity index (χ1v) is 6.96. The van der Waals surface area contributed by atoms with Crippen LogP contribution in [0, 0.1) is 13.8 Å². The molecule has 0 amide bonds. The predicted octanol–water partition coefficient (Wildman–Crippen LogP) is 5.49. The molecular formula is C16H16Cl2. The van der Waals surface area contributed by atoms with Gasteiger partial charge >= 0.3 is 0 Å². The Bertz CT molecular complexity index is 529. The highest BCUT2D eigenvalue weighted by molar-refractivity contribution is 6.28. The van der Waals surface area contributed by atoms with E-state index in [1.54, 1.807) is 0 Å². The summed E-state index contributed by atoms with van der Waals surface area (Å²) < 4.78 is 0. The molecule has 0 aromatic heterocycles. The molecule has 1 atom stereocenters. The quantitative estimate of drug-likeness (QED) is 0.652. The summed E-state index contributed by atoms with van der Waals surface area (Å²) in [6, 6.07) is 14.8. The third-order valence-electron chi connectivity index (χ3n) is 3.04. The van der Waals surface area contributed by atoms with Crippen LogP contribution in [-0.4, -0.2) is 5.88 Å². The van der Waals surface area contributed by atoms with E-state index in [-0.39, 0.29) is 5.38 Å². The maximum atomic E-state index is 6.30. The molecule has 2 aromatic carbocycles. The van der Waals surface area contributed by atoms with Crippen LogP contribution in [0.4, 0.5) is 0 Å². The molecule has 1 unspecified atom stereocenters. The Morgan fingerprint density at radius 1 is 0.944 bits per heavy atom. The van der Waals surface area contributed by atoms with Crippen LogP contribution in [0.2, 0.25) is 0 Å². The summed E-state index contributed by atoms with van der Waals surface area (Å²) in [5.74, 6) is 0.420. The van der Waals surface area contributed by atoms with Gasteiger partial charge in [0.2, 0.25) is 0 Å². The van der Waals surface area contributed by atoms with Crippen molar-refractivity contribution in [3.63, 3.8) is 0 Å². The summed E-state index contributed by atoms with van der Waals surface area (Å²) in [6.45, 7) is 4.18. The fraction of sp³-hybridized carbons (Fsp3) is 0.250. The Kier molecular flexibility index (Phi) is 4.31. The van der Waals surface area contributed by atoms with Gasteiger partial charge < -0.3 is 0 Å². The van der Waals surface area contributed by atoms with Crippen LogP contribution in [0.1, 0.15) is 22.1 Å². The maximum Gasteiger partial charge on any atom is 0.0726 e. The van der Waals surface area contributed by atoms with Crippen molar-refractivity contribution in [3.8, 4) is 11.1 Å². The minimum Gasteiger partial charge on any atom is -0.125 e. The highest BCUT2D eigenvalue weighted by atomic mass is 35.5. The summed E-state index contributed by atoms with van der Waals surface area (Å²) in [5.41, 5.74) is 5.95. The number of rotatable bonds is 3. The van der Waals surface area contributed by atoms with Gasteiger partial charge in [-0.1, -0.05) is 53.6 Å². The van der Waals surface area contributed by atoms with Gasteiger partial charge in [0.05, 0.1) is 5.38 Å². The lowest BCUT2D eigenvalue weighted by atomic mass is 9.95. The molecule has 0 nitrogen and oxygen atoms in total. The molecule has 0 aliphatic carbocycles. The normalized spacial score (nSPS) is 12.4. The van der Waals surface area contributed by atoms with Crippen LogP contribution in [0.5, 0.6) is 0 Å². The van der Waals surface area contributed by atoms with Gasteiger partial charge in [-0.15, -0.1) is 23.2 Å². The first-order valence-electron chi connectivity index (χ1n) is 5.99. The van der Waals surface area contributed by atoms with Crippen LogP contribution in [0.3, 0.4) is 0 Å². The summed E-state index contributed by atoms with van der Waals surface area (Å²) in [4.78, 5) is 0. The smallest absolute Gasteiger partial charge is 0.0726 e. The van der Waals surface area contributed by atoms with Gasteiger partial charge in [-0.05, 0) is 30.5 Å². The van der Waals surface area contributed by atoms with Crippen LogP contribution >= 0.6 is 23.2 Å². The first kappa shape index (κ1) is 13.5. The third-order valence-corrected chi connectivity index (χ3v) is 3.90. The fourth-order valence-electron chi connectivity index (χ4n) is 2.01. The number of halogens is 2. The molecular weight excluding hydrogens is 263 g/mol. The Labute approximate surface area is 119 Å². The number of hydrogen-bond donors (Lipinski definition) is 0. The number of hydrogen-bond acceptors (Lipinski definition) is 0. The standard InChI is InChI=1S/C16H16Cl2/c1-11-3-6-13(7-4-11)15-9-12(2)5-8-14(15)16(18)10-17/h3-9,16H,10H2,1-2H3. The first-order chi connectivity index (χ1) is 8.61. The Balaban J connectivity index is 2.54. The average molecular weight is 279 g/mol. The molecule has 2 aromatic rings. The zero-order valence-corrected chi connectivity index (χ0v) is 12.1. The predicted molar refractivity (Wildman–Crippen MR) is 80.7 cm³/mol. The molecule has 0 aliphatic rings. The molecule has 0 aliphatic heterocycles. The average Bonchev–Trinajstić information content (AvgIpc) is 2.38. The van der Waals surface area contributed by atoms with Crippen molar-refractivity contribution in [1.29, 1.82) is 0 Å². The lowest BCUT2D eigenvalue weighted by molar-refractivity contribution is 1.09. The van der Waals surface area contributed by atoms with Gasteiger partial charge in [-0.2, -0.15) is 0 Å². The minimum atomic E-state index is -0.149. The molecule has 0 N–H and O–H groups in total. The third kappa shape index (κ3) is 2.88. The van der Waals surface area contributed by atoms with E-state index in [0.29, 0.717) is 5.88 Å². The van der Waals surface area contributed by atoms with Crippen molar-refractivity contribution in [2.45, 2.75) is 19.2 Å². The second-order valence-corrected chi connectivity index (χ2v) is 5.41. The summed E-state index contributed by atoms with van der Waals surface area (Å²) >= 11 is 12.2. The van der Waals surface area contributed by atoms with Crippen LogP contribution in [0.25, 0.3) is 11.1 Å². The Morgan fingerprint density at radius 2 is 1.56 bits per heavy atom. The zero-order valence-electron chi connectivity index (χ0n) is 10.6. The topological polar surface area (TPSA) is 0 Å². The van der Waals surface area contributed by atoms with Gasteiger partial charge in [0, 0.05) is 5.88 Å². The van der Waals surface area contributed by atoms with Crippen LogP contribution in [-0.2, 0) is 0 Å². The van der Waals surface area contributed by atoms with Crippen molar-refractivity contribution < 1.29 is 0 Å². The van der Waals surface area contributed by atoms with Crippen LogP contribution in [0.15, 0.2) is 42.5 Å². The van der Waals surface area contributed by atoms with E-state index in [2.05, 4.69) is 56.3 Å². The van der Waals surface area contributed by atoms with Gasteiger partial charge in [0.1, 0.15) is 0 Å².